The lowest BCUT2D eigenvalue weighted by atomic mass is 10.2. The Balaban J connectivity index is 2.26. The second kappa shape index (κ2) is 8.69. The zero-order chi connectivity index (χ0) is 15.0. The van der Waals surface area contributed by atoms with Gasteiger partial charge in [0.25, 0.3) is 0 Å². The molecule has 0 aliphatic rings. The van der Waals surface area contributed by atoms with Crippen molar-refractivity contribution in [1.82, 2.24) is 10.2 Å². The van der Waals surface area contributed by atoms with Gasteiger partial charge in [-0.05, 0) is 37.1 Å². The summed E-state index contributed by atoms with van der Waals surface area (Å²) in [6.45, 7) is 5.75. The zero-order valence-electron chi connectivity index (χ0n) is 12.4. The van der Waals surface area contributed by atoms with Crippen LogP contribution in [-0.2, 0) is 0 Å². The highest BCUT2D eigenvalue weighted by atomic mass is 35.5. The zero-order valence-corrected chi connectivity index (χ0v) is 13.2. The maximum atomic E-state index is 11.7. The third kappa shape index (κ3) is 5.70. The second-order valence-electron chi connectivity index (χ2n) is 4.77. The van der Waals surface area contributed by atoms with E-state index >= 15 is 0 Å². The lowest BCUT2D eigenvalue weighted by molar-refractivity contribution is 0.204. The molecule has 4 nitrogen and oxygen atoms in total. The summed E-state index contributed by atoms with van der Waals surface area (Å²) in [4.78, 5) is 13.4. The summed E-state index contributed by atoms with van der Waals surface area (Å²) in [6.07, 6.45) is 2.10. The molecule has 20 heavy (non-hydrogen) atoms. The third-order valence-corrected chi connectivity index (χ3v) is 3.20. The van der Waals surface area contributed by atoms with Crippen molar-refractivity contribution < 1.29 is 9.53 Å². The van der Waals surface area contributed by atoms with Crippen LogP contribution in [0.15, 0.2) is 18.2 Å². The van der Waals surface area contributed by atoms with Crippen molar-refractivity contribution >= 4 is 17.6 Å². The van der Waals surface area contributed by atoms with E-state index in [1.165, 1.54) is 0 Å². The number of benzene rings is 1. The van der Waals surface area contributed by atoms with Crippen LogP contribution in [-0.4, -0.2) is 37.7 Å². The number of unbranched alkanes of at least 4 members (excludes halogenated alkanes) is 1. The molecule has 2 amide bonds. The van der Waals surface area contributed by atoms with Crippen LogP contribution in [0.1, 0.15) is 25.3 Å². The fraction of sp³-hybridized carbons (Fsp3) is 0.533. The van der Waals surface area contributed by atoms with E-state index in [0.29, 0.717) is 18.2 Å². The number of nitrogens with zero attached hydrogens (tertiary/aromatic N) is 1. The summed E-state index contributed by atoms with van der Waals surface area (Å²) in [5.41, 5.74) is 0.990. The van der Waals surface area contributed by atoms with E-state index in [1.807, 2.05) is 19.1 Å². The summed E-state index contributed by atoms with van der Waals surface area (Å²) in [7, 11) is 1.80. The summed E-state index contributed by atoms with van der Waals surface area (Å²) in [5, 5.41) is 3.52. The molecule has 0 bridgehead atoms. The van der Waals surface area contributed by atoms with Gasteiger partial charge in [-0.2, -0.15) is 0 Å². The van der Waals surface area contributed by atoms with Gasteiger partial charge in [0.05, 0.1) is 6.54 Å². The maximum absolute atomic E-state index is 11.7. The highest BCUT2D eigenvalue weighted by molar-refractivity contribution is 6.30. The Morgan fingerprint density at radius 1 is 1.45 bits per heavy atom. The van der Waals surface area contributed by atoms with Crippen molar-refractivity contribution in [3.63, 3.8) is 0 Å². The molecule has 0 saturated carbocycles. The molecule has 0 atom stereocenters. The number of hydrogen-bond acceptors (Lipinski definition) is 2. The fourth-order valence-corrected chi connectivity index (χ4v) is 1.95. The molecule has 1 aromatic rings. The van der Waals surface area contributed by atoms with Crippen molar-refractivity contribution in [3.8, 4) is 5.75 Å². The molecule has 0 aliphatic heterocycles. The van der Waals surface area contributed by atoms with Crippen LogP contribution >= 0.6 is 11.6 Å². The van der Waals surface area contributed by atoms with Gasteiger partial charge in [-0.25, -0.2) is 4.79 Å². The minimum Gasteiger partial charge on any atom is -0.491 e. The van der Waals surface area contributed by atoms with Crippen LogP contribution < -0.4 is 10.1 Å². The number of hydrogen-bond donors (Lipinski definition) is 1. The predicted molar refractivity (Wildman–Crippen MR) is 82.6 cm³/mol. The van der Waals surface area contributed by atoms with Crippen LogP contribution in [0.25, 0.3) is 0 Å². The number of ether oxygens (including phenoxy) is 1. The Kier molecular flexibility index (Phi) is 7.23. The van der Waals surface area contributed by atoms with Crippen molar-refractivity contribution in [2.45, 2.75) is 26.7 Å². The van der Waals surface area contributed by atoms with Crippen LogP contribution in [0.2, 0.25) is 5.02 Å². The number of nitrogens with one attached hydrogen (secondary N) is 1. The van der Waals surface area contributed by atoms with Crippen LogP contribution in [0, 0.1) is 6.92 Å². The Morgan fingerprint density at radius 3 is 2.85 bits per heavy atom. The lowest BCUT2D eigenvalue weighted by Crippen LogP contribution is -2.39. The maximum Gasteiger partial charge on any atom is 0.317 e. The first-order valence-corrected chi connectivity index (χ1v) is 7.30. The van der Waals surface area contributed by atoms with Gasteiger partial charge >= 0.3 is 6.03 Å². The molecule has 0 heterocycles. The van der Waals surface area contributed by atoms with Gasteiger partial charge in [0.2, 0.25) is 0 Å². The number of aryl methyl sites for hydroxylation is 1. The van der Waals surface area contributed by atoms with Crippen molar-refractivity contribution in [1.29, 1.82) is 0 Å². The Labute approximate surface area is 126 Å². The smallest absolute Gasteiger partial charge is 0.317 e. The van der Waals surface area contributed by atoms with Crippen molar-refractivity contribution in [2.75, 3.05) is 26.7 Å². The molecule has 1 N–H and O–H groups in total. The van der Waals surface area contributed by atoms with Gasteiger partial charge in [-0.1, -0.05) is 24.9 Å². The topological polar surface area (TPSA) is 41.6 Å². The molecule has 0 unspecified atom stereocenters. The van der Waals surface area contributed by atoms with E-state index in [2.05, 4.69) is 12.2 Å². The minimum absolute atomic E-state index is 0.0603. The van der Waals surface area contributed by atoms with Crippen molar-refractivity contribution in [3.05, 3.63) is 28.8 Å². The van der Waals surface area contributed by atoms with E-state index in [0.717, 1.165) is 30.7 Å². The monoisotopic (exact) mass is 298 g/mol. The Morgan fingerprint density at radius 2 is 2.20 bits per heavy atom. The molecular weight excluding hydrogens is 276 g/mol. The number of amides is 2. The largest absolute Gasteiger partial charge is 0.491 e. The normalized spacial score (nSPS) is 10.2. The Hall–Kier alpha value is -1.42. The average molecular weight is 299 g/mol. The SMILES string of the molecule is CCCCN(C)C(=O)NCCOc1ccc(Cl)cc1C. The molecular formula is C15H23ClN2O2. The summed E-state index contributed by atoms with van der Waals surface area (Å²) >= 11 is 5.88. The van der Waals surface area contributed by atoms with E-state index in [1.54, 1.807) is 18.0 Å². The van der Waals surface area contributed by atoms with Gasteiger partial charge in [-0.15, -0.1) is 0 Å². The fourth-order valence-electron chi connectivity index (χ4n) is 1.73. The molecule has 0 aliphatic carbocycles. The minimum atomic E-state index is -0.0603. The first-order chi connectivity index (χ1) is 9.54. The molecule has 0 spiro atoms. The Bertz CT molecular complexity index is 438. The van der Waals surface area contributed by atoms with Crippen molar-refractivity contribution in [2.24, 2.45) is 0 Å². The summed E-state index contributed by atoms with van der Waals surface area (Å²) in [5.74, 6) is 0.794. The van der Waals surface area contributed by atoms with Crippen LogP contribution in [0.5, 0.6) is 5.75 Å². The number of rotatable bonds is 7. The highest BCUT2D eigenvalue weighted by Crippen LogP contribution is 2.21. The lowest BCUT2D eigenvalue weighted by Gasteiger charge is -2.17. The van der Waals surface area contributed by atoms with Crippen LogP contribution in [0.4, 0.5) is 4.79 Å². The second-order valence-corrected chi connectivity index (χ2v) is 5.20. The third-order valence-electron chi connectivity index (χ3n) is 2.97. The molecule has 1 rings (SSSR count). The number of urea groups is 1. The summed E-state index contributed by atoms with van der Waals surface area (Å²) in [6, 6.07) is 5.43. The quantitative estimate of drug-likeness (QED) is 0.783. The molecule has 0 radical (unpaired) electrons. The number of carbonyl (C=O) groups is 1. The van der Waals surface area contributed by atoms with Crippen LogP contribution in [0.3, 0.4) is 0 Å². The molecule has 0 aromatic heterocycles. The molecule has 112 valence electrons. The van der Waals surface area contributed by atoms with Gasteiger partial charge < -0.3 is 15.0 Å². The van der Waals surface area contributed by atoms with E-state index in [-0.39, 0.29) is 6.03 Å². The standard InChI is InChI=1S/C15H23ClN2O2/c1-4-5-9-18(3)15(19)17-8-10-20-14-7-6-13(16)11-12(14)2/h6-7,11H,4-5,8-10H2,1-3H3,(H,17,19). The first-order valence-electron chi connectivity index (χ1n) is 6.92. The van der Waals surface area contributed by atoms with E-state index in [4.69, 9.17) is 16.3 Å². The van der Waals surface area contributed by atoms with Gasteiger partial charge in [0.15, 0.2) is 0 Å². The molecule has 0 fully saturated rings. The van der Waals surface area contributed by atoms with Gasteiger partial charge in [0.1, 0.15) is 12.4 Å². The number of halogens is 1. The predicted octanol–water partition coefficient (Wildman–Crippen LogP) is 3.47. The van der Waals surface area contributed by atoms with Gasteiger partial charge in [-0.3, -0.25) is 0 Å². The average Bonchev–Trinajstić information content (AvgIpc) is 2.42. The molecule has 1 aromatic carbocycles. The number of carbonyl (C=O) groups excluding carboxylic acids is 1. The van der Waals surface area contributed by atoms with E-state index in [9.17, 15) is 4.79 Å². The van der Waals surface area contributed by atoms with E-state index < -0.39 is 0 Å². The highest BCUT2D eigenvalue weighted by Gasteiger charge is 2.06. The summed E-state index contributed by atoms with van der Waals surface area (Å²) < 4.78 is 5.61. The molecule has 0 saturated heterocycles. The van der Waals surface area contributed by atoms with Gasteiger partial charge in [0, 0.05) is 18.6 Å². The molecule has 5 heteroatoms. The first kappa shape index (κ1) is 16.6.